The van der Waals surface area contributed by atoms with Crippen molar-refractivity contribution in [1.29, 1.82) is 0 Å². The Hall–Kier alpha value is -6.02. The number of carbonyl (C=O) groups is 5. The molecular weight excluding hydrogens is 799 g/mol. The fourth-order valence-electron chi connectivity index (χ4n) is 2.42. The first-order valence-corrected chi connectivity index (χ1v) is 12.1. The Morgan fingerprint density at radius 2 is 0.478 bits per heavy atom. The van der Waals surface area contributed by atoms with Crippen LogP contribution >= 0.6 is 0 Å². The third kappa shape index (κ3) is 17.8. The zero-order chi connectivity index (χ0) is 33.5. The molecule has 3 radical (unpaired) electrons. The van der Waals surface area contributed by atoms with E-state index in [4.69, 9.17) is 0 Å². The van der Waals surface area contributed by atoms with Crippen LogP contribution in [0.2, 0.25) is 0 Å². The molecule has 5 heterocycles. The van der Waals surface area contributed by atoms with Crippen molar-refractivity contribution in [3.8, 4) is 0 Å². The van der Waals surface area contributed by atoms with Gasteiger partial charge in [-0.2, -0.15) is 0 Å². The molecule has 0 spiro atoms. The molecule has 0 aromatic carbocycles. The smallest absolute Gasteiger partial charge is 0.0899 e. The third-order valence-corrected chi connectivity index (χ3v) is 4.37. The second-order valence-corrected chi connectivity index (χ2v) is 7.51. The molecule has 15 nitrogen and oxygen atoms in total. The monoisotopic (exact) mass is 819 g/mol. The number of pyridine rings is 5. The van der Waals surface area contributed by atoms with Gasteiger partial charge in [-0.15, -0.1) is 0 Å². The summed E-state index contributed by atoms with van der Waals surface area (Å²) < 4.78 is 0. The summed E-state index contributed by atoms with van der Waals surface area (Å²) >= 11 is 0. The molecule has 5 rings (SSSR count). The Bertz CT molecular complexity index is 1330. The standard InChI is InChI=1S/5C6H5NO2.Bi/c5*8-6(9)5-3-1-2-4-7-5;/h5*1-4H,(H,8,9);/p-5. The van der Waals surface area contributed by atoms with E-state index in [0.717, 1.165) is 0 Å². The summed E-state index contributed by atoms with van der Waals surface area (Å²) in [6, 6.07) is 23.1. The third-order valence-electron chi connectivity index (χ3n) is 4.37. The van der Waals surface area contributed by atoms with Gasteiger partial charge in [-0.05, 0) is 60.7 Å². The molecule has 0 bridgehead atoms. The predicted molar refractivity (Wildman–Crippen MR) is 149 cm³/mol. The van der Waals surface area contributed by atoms with E-state index < -0.39 is 29.8 Å². The molecule has 46 heavy (non-hydrogen) atoms. The second kappa shape index (κ2) is 23.4. The van der Waals surface area contributed by atoms with Crippen LogP contribution < -0.4 is 25.5 Å². The van der Waals surface area contributed by atoms with Crippen LogP contribution in [0.15, 0.2) is 122 Å². The zero-order valence-corrected chi connectivity index (χ0v) is 26.8. The molecule has 0 unspecified atom stereocenters. The average Bonchev–Trinajstić information content (AvgIpc) is 3.08. The number of hydrogen-bond acceptors (Lipinski definition) is 15. The van der Waals surface area contributed by atoms with Gasteiger partial charge in [0.15, 0.2) is 0 Å². The number of hydrogen-bond donors (Lipinski definition) is 0. The van der Waals surface area contributed by atoms with Crippen LogP contribution in [-0.2, 0) is 0 Å². The SMILES string of the molecule is O=C([O-])c1ccccn1.O=C([O-])c1ccccn1.O=C([O-])c1ccccn1.O=C([O-])c1ccccn1.O=C([O-])c1ccccn1.[Bi]. The minimum Gasteiger partial charge on any atom is -0.543 e. The van der Waals surface area contributed by atoms with Gasteiger partial charge in [0.25, 0.3) is 0 Å². The molecule has 5 aromatic rings. The molecule has 0 saturated carbocycles. The van der Waals surface area contributed by atoms with Crippen molar-refractivity contribution in [2.75, 3.05) is 0 Å². The van der Waals surface area contributed by atoms with Gasteiger partial charge < -0.3 is 49.5 Å². The summed E-state index contributed by atoms with van der Waals surface area (Å²) in [5.41, 5.74) is -0.150. The summed E-state index contributed by atoms with van der Waals surface area (Å²) in [7, 11) is 0. The van der Waals surface area contributed by atoms with Crippen molar-refractivity contribution >= 4 is 56.0 Å². The minimum atomic E-state index is -1.24. The van der Waals surface area contributed by atoms with Crippen LogP contribution in [0.3, 0.4) is 0 Å². The molecule has 16 heteroatoms. The summed E-state index contributed by atoms with van der Waals surface area (Å²) in [6.07, 6.45) is 7.04. The fourth-order valence-corrected chi connectivity index (χ4v) is 2.42. The summed E-state index contributed by atoms with van der Waals surface area (Å²) in [5.74, 6) is -6.20. The summed E-state index contributed by atoms with van der Waals surface area (Å²) in [5, 5.41) is 50.1. The Labute approximate surface area is 280 Å². The van der Waals surface area contributed by atoms with Crippen LogP contribution in [-0.4, -0.2) is 81.0 Å². The minimum absolute atomic E-state index is 0. The summed E-state index contributed by atoms with van der Waals surface area (Å²) in [6.45, 7) is 0. The molecule has 0 N–H and O–H groups in total. The number of carboxylic acids is 5. The fraction of sp³-hybridized carbons (Fsp3) is 0. The maximum atomic E-state index is 10.0. The zero-order valence-electron chi connectivity index (χ0n) is 23.3. The number of aromatic carboxylic acids is 5. The normalized spacial score (nSPS) is 8.70. The molecule has 0 aliphatic heterocycles. The van der Waals surface area contributed by atoms with Crippen molar-refractivity contribution in [1.82, 2.24) is 24.9 Å². The van der Waals surface area contributed by atoms with Crippen LogP contribution in [0.5, 0.6) is 0 Å². The number of nitrogens with zero attached hydrogens (tertiary/aromatic N) is 5. The summed E-state index contributed by atoms with van der Waals surface area (Å²) in [4.78, 5) is 67.7. The van der Waals surface area contributed by atoms with Crippen LogP contribution in [0.1, 0.15) is 52.4 Å². The van der Waals surface area contributed by atoms with Crippen molar-refractivity contribution < 1.29 is 49.5 Å². The van der Waals surface area contributed by atoms with Gasteiger partial charge >= 0.3 is 0 Å². The Kier molecular flexibility index (Phi) is 20.4. The largest absolute Gasteiger partial charge is 0.543 e. The van der Waals surface area contributed by atoms with E-state index in [-0.39, 0.29) is 54.7 Å². The van der Waals surface area contributed by atoms with Gasteiger partial charge in [0, 0.05) is 57.2 Å². The number of carboxylic acid groups (broad SMARTS) is 5. The molecule has 0 aliphatic carbocycles. The molecular formula is C30H20BiN5O10-5. The van der Waals surface area contributed by atoms with Gasteiger partial charge in [-0.1, -0.05) is 30.3 Å². The number of carbonyl (C=O) groups excluding carboxylic acids is 5. The van der Waals surface area contributed by atoms with Gasteiger partial charge in [0.1, 0.15) is 0 Å². The quantitative estimate of drug-likeness (QED) is 0.159. The predicted octanol–water partition coefficient (Wildman–Crippen LogP) is -3.16. The molecule has 0 fully saturated rings. The van der Waals surface area contributed by atoms with E-state index >= 15 is 0 Å². The van der Waals surface area contributed by atoms with E-state index in [1.54, 1.807) is 60.7 Å². The first-order valence-electron chi connectivity index (χ1n) is 12.1. The number of rotatable bonds is 5. The Morgan fingerprint density at radius 3 is 0.543 bits per heavy atom. The topological polar surface area (TPSA) is 265 Å². The van der Waals surface area contributed by atoms with Crippen molar-refractivity contribution in [2.45, 2.75) is 0 Å². The Morgan fingerprint density at radius 1 is 0.326 bits per heavy atom. The molecule has 0 amide bonds. The molecule has 5 aromatic heterocycles. The van der Waals surface area contributed by atoms with E-state index in [1.807, 2.05) is 0 Å². The van der Waals surface area contributed by atoms with Crippen molar-refractivity contribution in [3.63, 3.8) is 0 Å². The van der Waals surface area contributed by atoms with E-state index in [2.05, 4.69) is 24.9 Å². The van der Waals surface area contributed by atoms with Gasteiger partial charge in [-0.3, -0.25) is 24.9 Å². The maximum absolute atomic E-state index is 10.0. The van der Waals surface area contributed by atoms with Gasteiger partial charge in [0.2, 0.25) is 0 Å². The van der Waals surface area contributed by atoms with Crippen LogP contribution in [0, 0.1) is 0 Å². The van der Waals surface area contributed by atoms with Gasteiger partial charge in [-0.25, -0.2) is 0 Å². The first-order chi connectivity index (χ1) is 21.5. The van der Waals surface area contributed by atoms with Crippen LogP contribution in [0.4, 0.5) is 0 Å². The molecule has 0 aliphatic rings. The van der Waals surface area contributed by atoms with Crippen molar-refractivity contribution in [3.05, 3.63) is 150 Å². The van der Waals surface area contributed by atoms with Crippen LogP contribution in [0.25, 0.3) is 0 Å². The van der Waals surface area contributed by atoms with E-state index in [1.165, 1.54) is 61.3 Å². The second-order valence-electron chi connectivity index (χ2n) is 7.51. The molecule has 0 saturated heterocycles. The Balaban J connectivity index is 0.000000547. The molecule has 235 valence electrons. The molecule has 0 atom stereocenters. The first kappa shape index (κ1) is 40.0. The maximum Gasteiger partial charge on any atom is 0.0899 e. The van der Waals surface area contributed by atoms with Gasteiger partial charge in [0.05, 0.1) is 58.3 Å². The number of aromatic nitrogens is 5. The van der Waals surface area contributed by atoms with Crippen molar-refractivity contribution in [2.24, 2.45) is 0 Å². The average molecular weight is 819 g/mol. The van der Waals surface area contributed by atoms with E-state index in [0.29, 0.717) is 0 Å². The van der Waals surface area contributed by atoms with E-state index in [9.17, 15) is 49.5 Å².